The number of nitrogens with one attached hydrogen (secondary N) is 2. The van der Waals surface area contributed by atoms with Crippen LogP contribution in [-0.2, 0) is 9.59 Å². The van der Waals surface area contributed by atoms with Crippen LogP contribution in [0.25, 0.3) is 0 Å². The molecular formula is C23H27N3O3. The van der Waals surface area contributed by atoms with Crippen molar-refractivity contribution in [2.24, 2.45) is 22.7 Å². The molecule has 6 heteroatoms. The van der Waals surface area contributed by atoms with E-state index in [0.717, 1.165) is 18.5 Å². The summed E-state index contributed by atoms with van der Waals surface area (Å²) in [7, 11) is 0. The number of hydrogen-bond acceptors (Lipinski definition) is 4. The van der Waals surface area contributed by atoms with Gasteiger partial charge in [-0.25, -0.2) is 4.98 Å². The van der Waals surface area contributed by atoms with Crippen molar-refractivity contribution in [1.29, 1.82) is 0 Å². The summed E-state index contributed by atoms with van der Waals surface area (Å²) in [5.41, 5.74) is 1.62. The van der Waals surface area contributed by atoms with E-state index in [1.54, 1.807) is 30.5 Å². The molecule has 0 saturated heterocycles. The maximum atomic E-state index is 12.2. The summed E-state index contributed by atoms with van der Waals surface area (Å²) in [6.45, 7) is 8.39. The van der Waals surface area contributed by atoms with Gasteiger partial charge in [0.25, 0.3) is 0 Å². The van der Waals surface area contributed by atoms with E-state index in [0.29, 0.717) is 17.3 Å². The molecule has 2 aromatic rings. The monoisotopic (exact) mass is 393 g/mol. The largest absolute Gasteiger partial charge is 0.439 e. The Labute approximate surface area is 171 Å². The molecular weight excluding hydrogens is 366 g/mol. The average molecular weight is 393 g/mol. The van der Waals surface area contributed by atoms with Gasteiger partial charge in [-0.1, -0.05) is 27.7 Å². The second-order valence-corrected chi connectivity index (χ2v) is 9.48. The fraction of sp³-hybridized carbons (Fsp3) is 0.435. The van der Waals surface area contributed by atoms with Crippen molar-refractivity contribution in [2.45, 2.75) is 40.5 Å². The van der Waals surface area contributed by atoms with Crippen molar-refractivity contribution in [3.63, 3.8) is 0 Å². The number of rotatable bonds is 6. The lowest BCUT2D eigenvalue weighted by atomic mass is 10.1. The molecule has 152 valence electrons. The van der Waals surface area contributed by atoms with E-state index in [4.69, 9.17) is 4.74 Å². The molecule has 29 heavy (non-hydrogen) atoms. The van der Waals surface area contributed by atoms with Gasteiger partial charge in [-0.3, -0.25) is 9.59 Å². The van der Waals surface area contributed by atoms with Gasteiger partial charge in [0.05, 0.1) is 11.9 Å². The number of carbonyl (C=O) groups is 2. The van der Waals surface area contributed by atoms with E-state index in [1.165, 1.54) is 0 Å². The van der Waals surface area contributed by atoms with Gasteiger partial charge in [0.2, 0.25) is 17.7 Å². The lowest BCUT2D eigenvalue weighted by Gasteiger charge is -2.09. The molecule has 2 unspecified atom stereocenters. The summed E-state index contributed by atoms with van der Waals surface area (Å²) in [4.78, 5) is 28.6. The Bertz CT molecular complexity index is 855. The van der Waals surface area contributed by atoms with Gasteiger partial charge in [-0.15, -0.1) is 0 Å². The van der Waals surface area contributed by atoms with Gasteiger partial charge in [-0.2, -0.15) is 0 Å². The Morgan fingerprint density at radius 3 is 1.79 bits per heavy atom. The van der Waals surface area contributed by atoms with Crippen molar-refractivity contribution >= 4 is 23.2 Å². The van der Waals surface area contributed by atoms with Crippen LogP contribution >= 0.6 is 0 Å². The van der Waals surface area contributed by atoms with Crippen LogP contribution in [0.2, 0.25) is 0 Å². The minimum atomic E-state index is 0.0395. The lowest BCUT2D eigenvalue weighted by Crippen LogP contribution is -2.16. The number of nitrogens with zero attached hydrogens (tertiary/aromatic N) is 1. The Balaban J connectivity index is 1.30. The quantitative estimate of drug-likeness (QED) is 0.736. The molecule has 2 N–H and O–H groups in total. The van der Waals surface area contributed by atoms with Gasteiger partial charge in [0.15, 0.2) is 0 Å². The van der Waals surface area contributed by atoms with Gasteiger partial charge >= 0.3 is 0 Å². The zero-order chi connectivity index (χ0) is 20.8. The highest BCUT2D eigenvalue weighted by molar-refractivity contribution is 5.95. The first-order chi connectivity index (χ1) is 13.6. The number of amides is 2. The Morgan fingerprint density at radius 2 is 1.34 bits per heavy atom. The summed E-state index contributed by atoms with van der Waals surface area (Å²) in [5, 5.41) is 5.84. The first-order valence-corrected chi connectivity index (χ1v) is 10.00. The molecule has 2 amide bonds. The molecule has 0 bridgehead atoms. The maximum absolute atomic E-state index is 12.2. The summed E-state index contributed by atoms with van der Waals surface area (Å²) in [6.07, 6.45) is 3.44. The molecule has 2 aliphatic carbocycles. The number of benzene rings is 1. The molecule has 0 radical (unpaired) electrons. The highest BCUT2D eigenvalue weighted by Gasteiger charge is 2.51. The molecule has 6 nitrogen and oxygen atoms in total. The van der Waals surface area contributed by atoms with Crippen LogP contribution < -0.4 is 15.4 Å². The summed E-state index contributed by atoms with van der Waals surface area (Å²) < 4.78 is 5.75. The SMILES string of the molecule is CC1(C)CC1C(=O)Nc1ccc(Oc2ccc(NC(=O)C3CC3(C)C)cn2)cc1. The first-order valence-electron chi connectivity index (χ1n) is 10.00. The van der Waals surface area contributed by atoms with Crippen LogP contribution in [0, 0.1) is 22.7 Å². The fourth-order valence-corrected chi connectivity index (χ4v) is 3.53. The molecule has 2 saturated carbocycles. The molecule has 0 aliphatic heterocycles. The standard InChI is InChI=1S/C23H27N3O3/c1-22(2)11-17(22)20(27)25-14-5-8-16(9-6-14)29-19-10-7-15(13-24-19)26-21(28)18-12-23(18,3)4/h5-10,13,17-18H,11-12H2,1-4H3,(H,25,27)(H,26,28). The zero-order valence-electron chi connectivity index (χ0n) is 17.3. The fourth-order valence-electron chi connectivity index (χ4n) is 3.53. The van der Waals surface area contributed by atoms with Crippen LogP contribution in [0.4, 0.5) is 11.4 Å². The van der Waals surface area contributed by atoms with Crippen molar-refractivity contribution in [2.75, 3.05) is 10.6 Å². The highest BCUT2D eigenvalue weighted by atomic mass is 16.5. The normalized spacial score (nSPS) is 23.0. The maximum Gasteiger partial charge on any atom is 0.228 e. The minimum absolute atomic E-state index is 0.0395. The van der Waals surface area contributed by atoms with Crippen LogP contribution in [0.1, 0.15) is 40.5 Å². The molecule has 1 aromatic carbocycles. The van der Waals surface area contributed by atoms with Crippen molar-refractivity contribution in [3.05, 3.63) is 42.6 Å². The highest BCUT2D eigenvalue weighted by Crippen LogP contribution is 2.52. The van der Waals surface area contributed by atoms with Crippen molar-refractivity contribution in [1.82, 2.24) is 4.98 Å². The van der Waals surface area contributed by atoms with Crippen LogP contribution in [0.3, 0.4) is 0 Å². The number of carbonyl (C=O) groups excluding carboxylic acids is 2. The molecule has 0 spiro atoms. The van der Waals surface area contributed by atoms with E-state index in [-0.39, 0.29) is 34.5 Å². The van der Waals surface area contributed by atoms with Crippen molar-refractivity contribution in [3.8, 4) is 11.6 Å². The van der Waals surface area contributed by atoms with Gasteiger partial charge in [0, 0.05) is 23.6 Å². The van der Waals surface area contributed by atoms with E-state index >= 15 is 0 Å². The molecule has 2 aliphatic rings. The third-order valence-electron chi connectivity index (χ3n) is 6.01. The molecule has 2 fully saturated rings. The van der Waals surface area contributed by atoms with Gasteiger partial charge in [0.1, 0.15) is 5.75 Å². The van der Waals surface area contributed by atoms with Crippen LogP contribution in [-0.4, -0.2) is 16.8 Å². The summed E-state index contributed by atoms with van der Waals surface area (Å²) in [5.74, 6) is 1.33. The van der Waals surface area contributed by atoms with E-state index in [9.17, 15) is 9.59 Å². The lowest BCUT2D eigenvalue weighted by molar-refractivity contribution is -0.118. The van der Waals surface area contributed by atoms with Crippen LogP contribution in [0.15, 0.2) is 42.6 Å². The van der Waals surface area contributed by atoms with Gasteiger partial charge in [-0.05, 0) is 54.0 Å². The summed E-state index contributed by atoms with van der Waals surface area (Å²) >= 11 is 0. The predicted octanol–water partition coefficient (Wildman–Crippen LogP) is 4.84. The molecule has 4 rings (SSSR count). The van der Waals surface area contributed by atoms with Crippen molar-refractivity contribution < 1.29 is 14.3 Å². The Morgan fingerprint density at radius 1 is 0.862 bits per heavy atom. The molecule has 2 atom stereocenters. The van der Waals surface area contributed by atoms with E-state index in [1.807, 2.05) is 12.1 Å². The molecule has 1 heterocycles. The third kappa shape index (κ3) is 4.42. The third-order valence-corrected chi connectivity index (χ3v) is 6.01. The number of pyridine rings is 1. The Kier molecular flexibility index (Phi) is 4.60. The number of ether oxygens (including phenoxy) is 1. The Hall–Kier alpha value is -2.89. The molecule has 1 aromatic heterocycles. The van der Waals surface area contributed by atoms with Gasteiger partial charge < -0.3 is 15.4 Å². The van der Waals surface area contributed by atoms with E-state index in [2.05, 4.69) is 43.3 Å². The number of aromatic nitrogens is 1. The minimum Gasteiger partial charge on any atom is -0.439 e. The smallest absolute Gasteiger partial charge is 0.228 e. The number of hydrogen-bond donors (Lipinski definition) is 2. The topological polar surface area (TPSA) is 80.3 Å². The first kappa shape index (κ1) is 19.4. The summed E-state index contributed by atoms with van der Waals surface area (Å²) in [6, 6.07) is 10.7. The zero-order valence-corrected chi connectivity index (χ0v) is 17.3. The second-order valence-electron chi connectivity index (χ2n) is 9.48. The van der Waals surface area contributed by atoms with E-state index < -0.39 is 0 Å². The predicted molar refractivity (Wildman–Crippen MR) is 112 cm³/mol. The van der Waals surface area contributed by atoms with Crippen LogP contribution in [0.5, 0.6) is 11.6 Å². The second kappa shape index (κ2) is 6.87. The number of anilines is 2. The average Bonchev–Trinajstić information content (AvgIpc) is 3.52.